The van der Waals surface area contributed by atoms with Crippen molar-refractivity contribution in [3.8, 4) is 0 Å². The summed E-state index contributed by atoms with van der Waals surface area (Å²) >= 11 is 14.8. The van der Waals surface area contributed by atoms with Crippen LogP contribution in [0.5, 0.6) is 0 Å². The van der Waals surface area contributed by atoms with Crippen molar-refractivity contribution in [2.45, 2.75) is 6.42 Å². The van der Waals surface area contributed by atoms with Crippen LogP contribution in [0.25, 0.3) is 6.08 Å². The van der Waals surface area contributed by atoms with E-state index in [-0.39, 0.29) is 0 Å². The Balaban J connectivity index is 2.73. The molecule has 0 aliphatic rings. The maximum atomic E-state index is 5.85. The zero-order chi connectivity index (χ0) is 9.68. The summed E-state index contributed by atoms with van der Waals surface area (Å²) in [5, 5.41) is 0.731. The third kappa shape index (κ3) is 3.72. The van der Waals surface area contributed by atoms with Gasteiger partial charge in [0.15, 0.2) is 0 Å². The second-order valence-corrected chi connectivity index (χ2v) is 4.19. The first-order valence-corrected chi connectivity index (χ1v) is 5.62. The fraction of sp³-hybridized carbons (Fsp3) is 0.200. The van der Waals surface area contributed by atoms with Crippen LogP contribution in [0.1, 0.15) is 12.0 Å². The molecule has 0 unspecified atom stereocenters. The van der Waals surface area contributed by atoms with Gasteiger partial charge in [-0.25, -0.2) is 0 Å². The van der Waals surface area contributed by atoms with Gasteiger partial charge in [0.2, 0.25) is 0 Å². The van der Waals surface area contributed by atoms with Crippen LogP contribution >= 0.6 is 39.1 Å². The average molecular weight is 280 g/mol. The summed E-state index contributed by atoms with van der Waals surface area (Å²) in [4.78, 5) is 0. The van der Waals surface area contributed by atoms with Crippen molar-refractivity contribution in [3.05, 3.63) is 39.3 Å². The average Bonchev–Trinajstić information content (AvgIpc) is 2.12. The predicted octanol–water partition coefficient (Wildman–Crippen LogP) is 4.74. The third-order valence-corrected chi connectivity index (χ3v) is 2.96. The minimum atomic E-state index is 0.658. The van der Waals surface area contributed by atoms with Crippen molar-refractivity contribution in [2.24, 2.45) is 0 Å². The second-order valence-electron chi connectivity index (χ2n) is 2.55. The van der Waals surface area contributed by atoms with E-state index >= 15 is 0 Å². The van der Waals surface area contributed by atoms with Crippen LogP contribution in [-0.4, -0.2) is 5.88 Å². The molecule has 0 N–H and O–H groups in total. The molecule has 0 aromatic heterocycles. The summed E-state index contributed by atoms with van der Waals surface area (Å²) in [6.45, 7) is 0. The van der Waals surface area contributed by atoms with Gasteiger partial charge in [0.1, 0.15) is 0 Å². The smallest absolute Gasteiger partial charge is 0.0548 e. The van der Waals surface area contributed by atoms with E-state index in [1.165, 1.54) is 0 Å². The Bertz CT molecular complexity index is 308. The van der Waals surface area contributed by atoms with E-state index in [1.54, 1.807) is 0 Å². The molecule has 0 aliphatic carbocycles. The quantitative estimate of drug-likeness (QED) is 0.701. The molecule has 70 valence electrons. The van der Waals surface area contributed by atoms with Gasteiger partial charge >= 0.3 is 0 Å². The summed E-state index contributed by atoms with van der Waals surface area (Å²) < 4.78 is 0.919. The molecule has 1 rings (SSSR count). The lowest BCUT2D eigenvalue weighted by atomic mass is 10.2. The Hall–Kier alpha value is 0.0200. The van der Waals surface area contributed by atoms with E-state index in [4.69, 9.17) is 23.2 Å². The number of hydrogen-bond donors (Lipinski definition) is 0. The van der Waals surface area contributed by atoms with Crippen molar-refractivity contribution in [1.29, 1.82) is 0 Å². The van der Waals surface area contributed by atoms with Crippen LogP contribution in [0, 0.1) is 0 Å². The van der Waals surface area contributed by atoms with E-state index in [2.05, 4.69) is 15.9 Å². The standard InChI is InChI=1S/C10H9BrCl2/c11-9-7-8(3-1-2-6-12)4-5-10(9)13/h1,3-5,7H,2,6H2. The summed E-state index contributed by atoms with van der Waals surface area (Å²) in [6.07, 6.45) is 4.97. The number of rotatable bonds is 3. The lowest BCUT2D eigenvalue weighted by molar-refractivity contribution is 1.24. The zero-order valence-corrected chi connectivity index (χ0v) is 10.0. The molecule has 0 radical (unpaired) electrons. The molecule has 0 atom stereocenters. The lowest BCUT2D eigenvalue weighted by Gasteiger charge is -1.97. The van der Waals surface area contributed by atoms with Gasteiger partial charge in [-0.2, -0.15) is 0 Å². The van der Waals surface area contributed by atoms with Crippen LogP contribution < -0.4 is 0 Å². The van der Waals surface area contributed by atoms with Gasteiger partial charge in [-0.3, -0.25) is 0 Å². The van der Waals surface area contributed by atoms with Gasteiger partial charge in [-0.15, -0.1) is 11.6 Å². The largest absolute Gasteiger partial charge is 0.126 e. The molecule has 0 spiro atoms. The van der Waals surface area contributed by atoms with E-state index in [0.717, 1.165) is 21.5 Å². The normalized spacial score (nSPS) is 11.0. The molecule has 3 heteroatoms. The van der Waals surface area contributed by atoms with Crippen molar-refractivity contribution < 1.29 is 0 Å². The Morgan fingerprint density at radius 3 is 2.77 bits per heavy atom. The Morgan fingerprint density at radius 2 is 2.15 bits per heavy atom. The molecule has 0 aliphatic heterocycles. The first-order chi connectivity index (χ1) is 6.24. The first kappa shape index (κ1) is 11.1. The fourth-order valence-corrected chi connectivity index (χ4v) is 1.54. The number of benzene rings is 1. The minimum absolute atomic E-state index is 0.658. The topological polar surface area (TPSA) is 0 Å². The molecule has 0 saturated heterocycles. The number of hydrogen-bond acceptors (Lipinski definition) is 0. The molecular formula is C10H9BrCl2. The van der Waals surface area contributed by atoms with Crippen molar-refractivity contribution >= 4 is 45.2 Å². The van der Waals surface area contributed by atoms with Gasteiger partial charge in [0, 0.05) is 10.4 Å². The predicted molar refractivity (Wildman–Crippen MR) is 63.5 cm³/mol. The van der Waals surface area contributed by atoms with Gasteiger partial charge in [0.05, 0.1) is 5.02 Å². The molecule has 0 nitrogen and oxygen atoms in total. The second kappa shape index (κ2) is 5.69. The highest BCUT2D eigenvalue weighted by atomic mass is 79.9. The van der Waals surface area contributed by atoms with Crippen LogP contribution in [-0.2, 0) is 0 Å². The van der Waals surface area contributed by atoms with Gasteiger partial charge < -0.3 is 0 Å². The monoisotopic (exact) mass is 278 g/mol. The van der Waals surface area contributed by atoms with Crippen molar-refractivity contribution in [2.75, 3.05) is 5.88 Å². The van der Waals surface area contributed by atoms with E-state index in [1.807, 2.05) is 30.4 Å². The highest BCUT2D eigenvalue weighted by molar-refractivity contribution is 9.10. The highest BCUT2D eigenvalue weighted by Gasteiger charge is 1.95. The summed E-state index contributed by atoms with van der Waals surface area (Å²) in [7, 11) is 0. The lowest BCUT2D eigenvalue weighted by Crippen LogP contribution is -1.74. The molecule has 0 bridgehead atoms. The molecule has 0 amide bonds. The molecular weight excluding hydrogens is 271 g/mol. The molecule has 1 aromatic carbocycles. The molecule has 0 fully saturated rings. The minimum Gasteiger partial charge on any atom is -0.126 e. The number of alkyl halides is 1. The maximum absolute atomic E-state index is 5.85. The van der Waals surface area contributed by atoms with E-state index in [0.29, 0.717) is 5.88 Å². The van der Waals surface area contributed by atoms with Crippen molar-refractivity contribution in [1.82, 2.24) is 0 Å². The SMILES string of the molecule is ClCCC=Cc1ccc(Cl)c(Br)c1. The molecule has 13 heavy (non-hydrogen) atoms. The van der Waals surface area contributed by atoms with Gasteiger partial charge in [-0.1, -0.05) is 29.8 Å². The Labute approximate surface area is 96.7 Å². The Kier molecular flexibility index (Phi) is 4.86. The molecule has 1 aromatic rings. The summed E-state index contributed by atoms with van der Waals surface area (Å²) in [5.74, 6) is 0.658. The molecule has 0 heterocycles. The van der Waals surface area contributed by atoms with Gasteiger partial charge in [-0.05, 0) is 40.0 Å². The number of allylic oxidation sites excluding steroid dienone is 1. The van der Waals surface area contributed by atoms with Crippen LogP contribution in [0.15, 0.2) is 28.7 Å². The van der Waals surface area contributed by atoms with Crippen molar-refractivity contribution in [3.63, 3.8) is 0 Å². The zero-order valence-electron chi connectivity index (χ0n) is 6.93. The van der Waals surface area contributed by atoms with E-state index < -0.39 is 0 Å². The summed E-state index contributed by atoms with van der Waals surface area (Å²) in [5.41, 5.74) is 1.13. The number of halogens is 3. The van der Waals surface area contributed by atoms with Gasteiger partial charge in [0.25, 0.3) is 0 Å². The first-order valence-electron chi connectivity index (χ1n) is 3.91. The van der Waals surface area contributed by atoms with Crippen LogP contribution in [0.4, 0.5) is 0 Å². The third-order valence-electron chi connectivity index (χ3n) is 1.53. The fourth-order valence-electron chi connectivity index (χ4n) is 0.898. The molecule has 0 saturated carbocycles. The van der Waals surface area contributed by atoms with E-state index in [9.17, 15) is 0 Å². The highest BCUT2D eigenvalue weighted by Crippen LogP contribution is 2.23. The van der Waals surface area contributed by atoms with Crippen LogP contribution in [0.2, 0.25) is 5.02 Å². The van der Waals surface area contributed by atoms with Crippen LogP contribution in [0.3, 0.4) is 0 Å². The summed E-state index contributed by atoms with van der Waals surface area (Å²) in [6, 6.07) is 5.82. The maximum Gasteiger partial charge on any atom is 0.0548 e. The Morgan fingerprint density at radius 1 is 1.38 bits per heavy atom.